The lowest BCUT2D eigenvalue weighted by Gasteiger charge is -2.40. The number of para-hydroxylation sites is 1. The summed E-state index contributed by atoms with van der Waals surface area (Å²) in [5, 5.41) is 10.9. The molecule has 17 heavy (non-hydrogen) atoms. The molecule has 1 aliphatic rings. The smallest absolute Gasteiger partial charge is 0.128 e. The summed E-state index contributed by atoms with van der Waals surface area (Å²) in [5.74, 6) is 0.829. The van der Waals surface area contributed by atoms with Crippen LogP contribution in [0.4, 0.5) is 0 Å². The molecule has 2 rings (SSSR count). The van der Waals surface area contributed by atoms with Gasteiger partial charge in [-0.3, -0.25) is 0 Å². The van der Waals surface area contributed by atoms with Crippen molar-refractivity contribution in [2.45, 2.75) is 32.8 Å². The molecule has 0 aromatic heterocycles. The van der Waals surface area contributed by atoms with E-state index in [-0.39, 0.29) is 12.0 Å². The molecule has 0 aliphatic carbocycles. The Kier molecular flexibility index (Phi) is 2.92. The van der Waals surface area contributed by atoms with E-state index >= 15 is 0 Å². The topological polar surface area (TPSA) is 55.5 Å². The molecular weight excluding hydrogens is 214 g/mol. The minimum absolute atomic E-state index is 0.191. The minimum atomic E-state index is -1.05. The molecule has 0 fully saturated rings. The molecule has 3 N–H and O–H groups in total. The maximum atomic E-state index is 10.9. The zero-order valence-electron chi connectivity index (χ0n) is 10.8. The van der Waals surface area contributed by atoms with Gasteiger partial charge in [0.2, 0.25) is 0 Å². The molecule has 0 spiro atoms. The molecule has 0 amide bonds. The van der Waals surface area contributed by atoms with Crippen LogP contribution in [0.25, 0.3) is 0 Å². The van der Waals surface area contributed by atoms with E-state index in [4.69, 9.17) is 10.5 Å². The minimum Gasteiger partial charge on any atom is -0.493 e. The molecule has 3 nitrogen and oxygen atoms in total. The van der Waals surface area contributed by atoms with Crippen LogP contribution in [-0.2, 0) is 12.0 Å². The molecule has 1 heterocycles. The van der Waals surface area contributed by atoms with Crippen molar-refractivity contribution in [2.24, 2.45) is 11.1 Å². The maximum absolute atomic E-state index is 10.9. The lowest BCUT2D eigenvalue weighted by molar-refractivity contribution is -0.0572. The van der Waals surface area contributed by atoms with Crippen LogP contribution in [0.15, 0.2) is 18.2 Å². The van der Waals surface area contributed by atoms with Crippen molar-refractivity contribution in [3.05, 3.63) is 29.3 Å². The second-order valence-electron chi connectivity index (χ2n) is 5.71. The van der Waals surface area contributed by atoms with Crippen LogP contribution in [0.1, 0.15) is 31.9 Å². The van der Waals surface area contributed by atoms with Crippen molar-refractivity contribution in [1.82, 2.24) is 0 Å². The van der Waals surface area contributed by atoms with Crippen molar-refractivity contribution in [1.29, 1.82) is 0 Å². The molecule has 1 aromatic rings. The molecule has 0 saturated heterocycles. The van der Waals surface area contributed by atoms with Gasteiger partial charge in [-0.15, -0.1) is 0 Å². The van der Waals surface area contributed by atoms with Crippen LogP contribution in [0.3, 0.4) is 0 Å². The van der Waals surface area contributed by atoms with Crippen LogP contribution in [-0.4, -0.2) is 18.3 Å². The summed E-state index contributed by atoms with van der Waals surface area (Å²) in [6.45, 7) is 6.87. The third kappa shape index (κ3) is 1.83. The van der Waals surface area contributed by atoms with Crippen LogP contribution in [0.2, 0.25) is 0 Å². The van der Waals surface area contributed by atoms with Crippen LogP contribution in [0.5, 0.6) is 5.75 Å². The van der Waals surface area contributed by atoms with Gasteiger partial charge in [0.15, 0.2) is 0 Å². The largest absolute Gasteiger partial charge is 0.493 e. The highest BCUT2D eigenvalue weighted by atomic mass is 16.5. The van der Waals surface area contributed by atoms with Crippen LogP contribution >= 0.6 is 0 Å². The zero-order chi connectivity index (χ0) is 12.7. The Balaban J connectivity index is 2.56. The molecule has 1 aliphatic heterocycles. The van der Waals surface area contributed by atoms with Gasteiger partial charge in [-0.1, -0.05) is 39.0 Å². The number of fused-ring (bicyclic) bond motifs is 1. The van der Waals surface area contributed by atoms with E-state index in [0.717, 1.165) is 17.7 Å². The Morgan fingerprint density at radius 1 is 1.35 bits per heavy atom. The van der Waals surface area contributed by atoms with Crippen molar-refractivity contribution in [2.75, 3.05) is 13.2 Å². The van der Waals surface area contributed by atoms with Gasteiger partial charge in [0.05, 0.1) is 6.61 Å². The Labute approximate surface area is 103 Å². The number of benzene rings is 1. The second-order valence-corrected chi connectivity index (χ2v) is 5.71. The van der Waals surface area contributed by atoms with Crippen molar-refractivity contribution >= 4 is 0 Å². The lowest BCUT2D eigenvalue weighted by Crippen LogP contribution is -2.46. The highest BCUT2D eigenvalue weighted by Gasteiger charge is 2.43. The number of hydrogen-bond acceptors (Lipinski definition) is 3. The van der Waals surface area contributed by atoms with E-state index in [1.807, 2.05) is 39.0 Å². The van der Waals surface area contributed by atoms with Gasteiger partial charge in [0, 0.05) is 18.5 Å². The molecular formula is C14H21NO2. The number of ether oxygens (including phenoxy) is 1. The normalized spacial score (nSPS) is 18.4. The Bertz CT molecular complexity index is 423. The van der Waals surface area contributed by atoms with Gasteiger partial charge < -0.3 is 15.6 Å². The predicted molar refractivity (Wildman–Crippen MR) is 68.0 cm³/mol. The van der Waals surface area contributed by atoms with Gasteiger partial charge in [-0.25, -0.2) is 0 Å². The monoisotopic (exact) mass is 235 g/mol. The first-order chi connectivity index (χ1) is 7.90. The van der Waals surface area contributed by atoms with E-state index in [2.05, 4.69) is 0 Å². The van der Waals surface area contributed by atoms with E-state index in [1.54, 1.807) is 0 Å². The number of rotatable bonds is 2. The average Bonchev–Trinajstić information content (AvgIpc) is 2.73. The summed E-state index contributed by atoms with van der Waals surface area (Å²) in [5.41, 5.74) is 6.42. The van der Waals surface area contributed by atoms with Gasteiger partial charge in [0.1, 0.15) is 11.4 Å². The first-order valence-electron chi connectivity index (χ1n) is 6.08. The van der Waals surface area contributed by atoms with E-state index in [1.165, 1.54) is 5.56 Å². The highest BCUT2D eigenvalue weighted by molar-refractivity contribution is 5.47. The quantitative estimate of drug-likeness (QED) is 0.822. The first kappa shape index (κ1) is 12.4. The second kappa shape index (κ2) is 4.00. The Morgan fingerprint density at radius 3 is 2.65 bits per heavy atom. The fourth-order valence-electron chi connectivity index (χ4n) is 2.36. The van der Waals surface area contributed by atoms with Gasteiger partial charge >= 0.3 is 0 Å². The SMILES string of the molecule is CC(C)(C)C(O)(CN)c1cccc2c1OCC2. The summed E-state index contributed by atoms with van der Waals surface area (Å²) in [4.78, 5) is 0. The van der Waals surface area contributed by atoms with Gasteiger partial charge in [-0.2, -0.15) is 0 Å². The summed E-state index contributed by atoms with van der Waals surface area (Å²) in [6.07, 6.45) is 0.911. The molecule has 1 atom stereocenters. The molecule has 0 saturated carbocycles. The molecule has 1 unspecified atom stereocenters. The van der Waals surface area contributed by atoms with Gasteiger partial charge in [-0.05, 0) is 11.0 Å². The molecule has 0 bridgehead atoms. The average molecular weight is 235 g/mol. The van der Waals surface area contributed by atoms with Gasteiger partial charge in [0.25, 0.3) is 0 Å². The summed E-state index contributed by atoms with van der Waals surface area (Å²) >= 11 is 0. The Hall–Kier alpha value is -1.06. The number of aliphatic hydroxyl groups is 1. The zero-order valence-corrected chi connectivity index (χ0v) is 10.8. The fraction of sp³-hybridized carbons (Fsp3) is 0.571. The Morgan fingerprint density at radius 2 is 2.06 bits per heavy atom. The predicted octanol–water partition coefficient (Wildman–Crippen LogP) is 1.81. The van der Waals surface area contributed by atoms with Crippen molar-refractivity contribution in [3.8, 4) is 5.75 Å². The highest BCUT2D eigenvalue weighted by Crippen LogP contribution is 2.44. The standard InChI is InChI=1S/C14H21NO2/c1-13(2,3)14(16,9-15)11-6-4-5-10-7-8-17-12(10)11/h4-6,16H,7-9,15H2,1-3H3. The summed E-state index contributed by atoms with van der Waals surface area (Å²) in [7, 11) is 0. The summed E-state index contributed by atoms with van der Waals surface area (Å²) in [6, 6.07) is 5.93. The fourth-order valence-corrected chi connectivity index (χ4v) is 2.36. The lowest BCUT2D eigenvalue weighted by atomic mass is 9.71. The van der Waals surface area contributed by atoms with E-state index in [9.17, 15) is 5.11 Å². The maximum Gasteiger partial charge on any atom is 0.128 e. The first-order valence-corrected chi connectivity index (χ1v) is 6.08. The number of hydrogen-bond donors (Lipinski definition) is 2. The summed E-state index contributed by atoms with van der Waals surface area (Å²) < 4.78 is 5.66. The molecule has 0 radical (unpaired) electrons. The molecule has 1 aromatic carbocycles. The van der Waals surface area contributed by atoms with Crippen LogP contribution < -0.4 is 10.5 Å². The van der Waals surface area contributed by atoms with E-state index in [0.29, 0.717) is 6.61 Å². The third-order valence-corrected chi connectivity index (χ3v) is 3.70. The number of nitrogens with two attached hydrogens (primary N) is 1. The van der Waals surface area contributed by atoms with Crippen molar-refractivity contribution in [3.63, 3.8) is 0 Å². The van der Waals surface area contributed by atoms with Crippen LogP contribution in [0, 0.1) is 5.41 Å². The molecule has 94 valence electrons. The van der Waals surface area contributed by atoms with E-state index < -0.39 is 5.60 Å². The third-order valence-electron chi connectivity index (χ3n) is 3.70. The van der Waals surface area contributed by atoms with Crippen molar-refractivity contribution < 1.29 is 9.84 Å². The molecule has 3 heteroatoms.